The number of rotatable bonds is 8. The van der Waals surface area contributed by atoms with Gasteiger partial charge in [-0.3, -0.25) is 19.3 Å². The van der Waals surface area contributed by atoms with E-state index in [-0.39, 0.29) is 35.2 Å². The summed E-state index contributed by atoms with van der Waals surface area (Å²) in [6.07, 6.45) is 2.67. The summed E-state index contributed by atoms with van der Waals surface area (Å²) in [6, 6.07) is 9.29. The van der Waals surface area contributed by atoms with Gasteiger partial charge in [0, 0.05) is 27.2 Å². The molecule has 0 aliphatic carbocycles. The maximum absolute atomic E-state index is 13.5. The average molecular weight is 574 g/mol. The molecule has 1 aromatic carbocycles. The molecule has 5 aromatic rings. The van der Waals surface area contributed by atoms with Crippen molar-refractivity contribution in [3.63, 3.8) is 0 Å². The molecule has 40 heavy (non-hydrogen) atoms. The Balaban J connectivity index is 1.53. The number of halogens is 1. The number of aromatic nitrogens is 4. The van der Waals surface area contributed by atoms with Crippen LogP contribution in [0, 0.1) is 18.3 Å². The molecule has 11 heteroatoms. The Labute approximate surface area is 238 Å². The van der Waals surface area contributed by atoms with E-state index in [0.717, 1.165) is 16.0 Å². The average Bonchev–Trinajstić information content (AvgIpc) is 3.38. The van der Waals surface area contributed by atoms with E-state index in [9.17, 15) is 20.0 Å². The van der Waals surface area contributed by atoms with Crippen LogP contribution in [0.4, 0.5) is 0 Å². The zero-order chi connectivity index (χ0) is 28.6. The summed E-state index contributed by atoms with van der Waals surface area (Å²) in [5.74, 6) is -0.0267. The number of nitriles is 1. The van der Waals surface area contributed by atoms with Gasteiger partial charge in [0.05, 0.1) is 50.7 Å². The van der Waals surface area contributed by atoms with E-state index >= 15 is 0 Å². The Morgan fingerprint density at radius 2 is 2.00 bits per heavy atom. The smallest absolute Gasteiger partial charge is 0.338 e. The van der Waals surface area contributed by atoms with E-state index < -0.39 is 5.97 Å². The zero-order valence-corrected chi connectivity index (χ0v) is 23.6. The SMILES string of the molecule is CCc1cc(-c2cc(Cl)ccc2OCCn2c(C)nc3cnc(CC)c(C#N)c3c2=O)c2scc(C(=O)O)c2n1. The van der Waals surface area contributed by atoms with E-state index in [1.807, 2.05) is 19.9 Å². The first kappa shape index (κ1) is 27.2. The molecule has 0 saturated heterocycles. The number of hydrogen-bond acceptors (Lipinski definition) is 8. The van der Waals surface area contributed by atoms with E-state index in [1.54, 1.807) is 30.5 Å². The summed E-state index contributed by atoms with van der Waals surface area (Å²) in [6.45, 7) is 5.89. The summed E-state index contributed by atoms with van der Waals surface area (Å²) in [7, 11) is 0. The van der Waals surface area contributed by atoms with Gasteiger partial charge >= 0.3 is 5.97 Å². The highest BCUT2D eigenvalue weighted by Gasteiger charge is 2.20. The van der Waals surface area contributed by atoms with E-state index in [4.69, 9.17) is 16.3 Å². The summed E-state index contributed by atoms with van der Waals surface area (Å²) < 4.78 is 8.41. The maximum atomic E-state index is 13.5. The highest BCUT2D eigenvalue weighted by atomic mass is 35.5. The highest BCUT2D eigenvalue weighted by molar-refractivity contribution is 7.18. The first-order chi connectivity index (χ1) is 19.3. The van der Waals surface area contributed by atoms with Crippen molar-refractivity contribution in [1.29, 1.82) is 5.26 Å². The Kier molecular flexibility index (Phi) is 7.52. The molecule has 202 valence electrons. The Morgan fingerprint density at radius 3 is 2.70 bits per heavy atom. The van der Waals surface area contributed by atoms with Gasteiger partial charge in [-0.15, -0.1) is 11.3 Å². The van der Waals surface area contributed by atoms with Gasteiger partial charge in [0.1, 0.15) is 24.3 Å². The molecule has 0 saturated carbocycles. The van der Waals surface area contributed by atoms with Crippen molar-refractivity contribution in [2.45, 2.75) is 40.2 Å². The summed E-state index contributed by atoms with van der Waals surface area (Å²) in [4.78, 5) is 38.6. The van der Waals surface area contributed by atoms with Crippen LogP contribution >= 0.6 is 22.9 Å². The fourth-order valence-corrected chi connectivity index (χ4v) is 5.87. The van der Waals surface area contributed by atoms with Gasteiger partial charge in [0.15, 0.2) is 0 Å². The van der Waals surface area contributed by atoms with E-state index in [2.05, 4.69) is 21.0 Å². The van der Waals surface area contributed by atoms with Crippen molar-refractivity contribution in [3.8, 4) is 22.9 Å². The Hall–Kier alpha value is -4.33. The van der Waals surface area contributed by atoms with Crippen LogP contribution in [0.3, 0.4) is 0 Å². The number of nitrogens with zero attached hydrogens (tertiary/aromatic N) is 5. The molecule has 9 nitrogen and oxygen atoms in total. The minimum Gasteiger partial charge on any atom is -0.491 e. The quantitative estimate of drug-likeness (QED) is 0.246. The molecule has 0 radical (unpaired) electrons. The fourth-order valence-electron chi connectivity index (χ4n) is 4.69. The number of carboxylic acids is 1. The molecule has 0 fully saturated rings. The third-order valence-electron chi connectivity index (χ3n) is 6.69. The van der Waals surface area contributed by atoms with Gasteiger partial charge in [-0.05, 0) is 44.0 Å². The van der Waals surface area contributed by atoms with Crippen molar-refractivity contribution in [2.75, 3.05) is 6.61 Å². The number of pyridine rings is 2. The van der Waals surface area contributed by atoms with Crippen LogP contribution in [-0.4, -0.2) is 37.2 Å². The molecule has 4 aromatic heterocycles. The van der Waals surface area contributed by atoms with Crippen molar-refractivity contribution in [3.05, 3.63) is 79.6 Å². The lowest BCUT2D eigenvalue weighted by atomic mass is 10.0. The lowest BCUT2D eigenvalue weighted by molar-refractivity contribution is 0.0699. The number of aryl methyl sites for hydroxylation is 3. The van der Waals surface area contributed by atoms with Gasteiger partial charge in [-0.1, -0.05) is 25.4 Å². The van der Waals surface area contributed by atoms with E-state index in [1.165, 1.54) is 22.1 Å². The van der Waals surface area contributed by atoms with Gasteiger partial charge in [0.2, 0.25) is 0 Å². The molecule has 1 N–H and O–H groups in total. The maximum Gasteiger partial charge on any atom is 0.338 e. The van der Waals surface area contributed by atoms with Gasteiger partial charge < -0.3 is 9.84 Å². The zero-order valence-electron chi connectivity index (χ0n) is 22.0. The van der Waals surface area contributed by atoms with Gasteiger partial charge in [-0.25, -0.2) is 9.78 Å². The van der Waals surface area contributed by atoms with Crippen molar-refractivity contribution >= 4 is 50.0 Å². The summed E-state index contributed by atoms with van der Waals surface area (Å²) in [5, 5.41) is 21.7. The topological polar surface area (TPSA) is 131 Å². The number of benzene rings is 1. The molecule has 0 bridgehead atoms. The lowest BCUT2D eigenvalue weighted by Crippen LogP contribution is -2.27. The molecule has 5 rings (SSSR count). The number of aromatic carboxylic acids is 1. The van der Waals surface area contributed by atoms with Crippen LogP contribution in [-0.2, 0) is 19.4 Å². The molecule has 0 aliphatic heterocycles. The number of carbonyl (C=O) groups is 1. The Bertz CT molecular complexity index is 1910. The third kappa shape index (κ3) is 4.78. The van der Waals surface area contributed by atoms with Crippen LogP contribution in [0.15, 0.2) is 40.6 Å². The van der Waals surface area contributed by atoms with Crippen LogP contribution in [0.25, 0.3) is 32.2 Å². The third-order valence-corrected chi connectivity index (χ3v) is 7.93. The lowest BCUT2D eigenvalue weighted by Gasteiger charge is -2.16. The summed E-state index contributed by atoms with van der Waals surface area (Å²) >= 11 is 7.68. The predicted octanol–water partition coefficient (Wildman–Crippen LogP) is 5.80. The van der Waals surface area contributed by atoms with Crippen LogP contribution in [0.1, 0.15) is 47.0 Å². The van der Waals surface area contributed by atoms with Gasteiger partial charge in [0.25, 0.3) is 5.56 Å². The largest absolute Gasteiger partial charge is 0.491 e. The molecule has 0 aliphatic rings. The minimum atomic E-state index is -1.04. The van der Waals surface area contributed by atoms with Crippen LogP contribution in [0.5, 0.6) is 5.75 Å². The molecule has 0 atom stereocenters. The van der Waals surface area contributed by atoms with Crippen molar-refractivity contribution < 1.29 is 14.6 Å². The molecule has 0 spiro atoms. The first-order valence-electron chi connectivity index (χ1n) is 12.6. The van der Waals surface area contributed by atoms with Crippen molar-refractivity contribution in [1.82, 2.24) is 19.5 Å². The second-order valence-electron chi connectivity index (χ2n) is 9.06. The number of fused-ring (bicyclic) bond motifs is 2. The summed E-state index contributed by atoms with van der Waals surface area (Å²) in [5.41, 5.74) is 3.66. The number of ether oxygens (including phenoxy) is 1. The molecular formula is C29H24ClN5O4S. The van der Waals surface area contributed by atoms with E-state index in [0.29, 0.717) is 51.7 Å². The fraction of sp³-hybridized carbons (Fsp3) is 0.241. The number of thiophene rings is 1. The highest BCUT2D eigenvalue weighted by Crippen LogP contribution is 2.40. The second-order valence-corrected chi connectivity index (χ2v) is 10.4. The standard InChI is InChI=1S/C29H24ClN5O4S/c1-4-17-11-19(27-26(34-17)21(14-40-27)29(37)38)18-10-16(30)6-7-24(18)39-9-8-35-15(3)33-23-13-32-22(5-2)20(12-31)25(23)28(35)36/h6-7,10-11,13-14H,4-5,8-9H2,1-3H3,(H,37,38). The van der Waals surface area contributed by atoms with Crippen molar-refractivity contribution in [2.24, 2.45) is 0 Å². The Morgan fingerprint density at radius 1 is 1.20 bits per heavy atom. The molecule has 4 heterocycles. The van der Waals surface area contributed by atoms with Crippen LogP contribution < -0.4 is 10.3 Å². The predicted molar refractivity (Wildman–Crippen MR) is 155 cm³/mol. The van der Waals surface area contributed by atoms with Gasteiger partial charge in [-0.2, -0.15) is 5.26 Å². The monoisotopic (exact) mass is 573 g/mol. The first-order valence-corrected chi connectivity index (χ1v) is 13.9. The number of hydrogen-bond donors (Lipinski definition) is 1. The molecular weight excluding hydrogens is 550 g/mol. The second kappa shape index (κ2) is 11.0. The van der Waals surface area contributed by atoms with Crippen LogP contribution in [0.2, 0.25) is 5.02 Å². The molecule has 0 amide bonds. The minimum absolute atomic E-state index is 0.135. The molecule has 0 unspecified atom stereocenters. The normalized spacial score (nSPS) is 11.2. The number of carboxylic acid groups (broad SMARTS) is 1.